The van der Waals surface area contributed by atoms with E-state index in [1.54, 1.807) is 4.90 Å². The number of anilines is 2. The lowest BCUT2D eigenvalue weighted by Crippen LogP contribution is -2.23. The van der Waals surface area contributed by atoms with Crippen LogP contribution in [-0.4, -0.2) is 23.8 Å². The van der Waals surface area contributed by atoms with Crippen LogP contribution in [0, 0.1) is 0 Å². The van der Waals surface area contributed by atoms with Gasteiger partial charge in [0.1, 0.15) is 11.6 Å². The lowest BCUT2D eigenvalue weighted by molar-refractivity contribution is -0.274. The van der Waals surface area contributed by atoms with Crippen molar-refractivity contribution in [3.8, 4) is 5.75 Å². The average molecular weight is 351 g/mol. The first-order chi connectivity index (χ1) is 11.9. The molecule has 1 aliphatic heterocycles. The molecule has 1 amide bonds. The molecule has 1 aromatic heterocycles. The highest BCUT2D eigenvalue weighted by atomic mass is 19.4. The zero-order chi connectivity index (χ0) is 17.9. The van der Waals surface area contributed by atoms with E-state index in [-0.39, 0.29) is 11.7 Å². The van der Waals surface area contributed by atoms with E-state index in [0.29, 0.717) is 18.8 Å². The third kappa shape index (κ3) is 4.62. The second kappa shape index (κ2) is 7.00. The third-order valence-corrected chi connectivity index (χ3v) is 3.74. The van der Waals surface area contributed by atoms with E-state index in [1.165, 1.54) is 12.1 Å². The third-order valence-electron chi connectivity index (χ3n) is 3.74. The normalized spacial score (nSPS) is 14.7. The summed E-state index contributed by atoms with van der Waals surface area (Å²) in [6.45, 7) is 1.15. The van der Waals surface area contributed by atoms with E-state index in [0.717, 1.165) is 30.4 Å². The first-order valence-electron chi connectivity index (χ1n) is 7.76. The molecular weight excluding hydrogens is 335 g/mol. The fraction of sp³-hybridized carbons (Fsp3) is 0.294. The molecule has 25 heavy (non-hydrogen) atoms. The first-order valence-corrected chi connectivity index (χ1v) is 7.76. The highest BCUT2D eigenvalue weighted by Gasteiger charge is 2.31. The van der Waals surface area contributed by atoms with Crippen molar-refractivity contribution in [3.63, 3.8) is 0 Å². The number of carbonyl (C=O) groups excluding carboxylic acids is 1. The Balaban J connectivity index is 1.61. The van der Waals surface area contributed by atoms with Crippen molar-refractivity contribution in [3.05, 3.63) is 48.2 Å². The molecule has 8 heteroatoms. The molecule has 0 radical (unpaired) electrons. The molecule has 1 aromatic carbocycles. The number of hydrogen-bond donors (Lipinski definition) is 1. The smallest absolute Gasteiger partial charge is 0.404 e. The predicted molar refractivity (Wildman–Crippen MR) is 86.3 cm³/mol. The van der Waals surface area contributed by atoms with Crippen molar-refractivity contribution < 1.29 is 22.7 Å². The maximum atomic E-state index is 12.1. The summed E-state index contributed by atoms with van der Waals surface area (Å²) in [5.41, 5.74) is 1.79. The number of amides is 1. The summed E-state index contributed by atoms with van der Waals surface area (Å²) >= 11 is 0. The van der Waals surface area contributed by atoms with Gasteiger partial charge in [-0.25, -0.2) is 4.98 Å². The van der Waals surface area contributed by atoms with Gasteiger partial charge in [-0.1, -0.05) is 12.1 Å². The van der Waals surface area contributed by atoms with Crippen molar-refractivity contribution in [1.82, 2.24) is 4.98 Å². The first kappa shape index (κ1) is 17.1. The molecule has 132 valence electrons. The van der Waals surface area contributed by atoms with Gasteiger partial charge in [0.15, 0.2) is 0 Å². The molecule has 2 heterocycles. The Hall–Kier alpha value is -2.77. The van der Waals surface area contributed by atoms with Gasteiger partial charge in [-0.2, -0.15) is 0 Å². The number of benzene rings is 1. The second-order valence-corrected chi connectivity index (χ2v) is 5.60. The summed E-state index contributed by atoms with van der Waals surface area (Å²) in [6, 6.07) is 10.2. The van der Waals surface area contributed by atoms with Crippen molar-refractivity contribution in [2.24, 2.45) is 0 Å². The van der Waals surface area contributed by atoms with Crippen LogP contribution in [0.25, 0.3) is 0 Å². The minimum absolute atomic E-state index is 0.118. The fourth-order valence-electron chi connectivity index (χ4n) is 2.63. The maximum Gasteiger partial charge on any atom is 0.573 e. The molecule has 0 aliphatic carbocycles. The van der Waals surface area contributed by atoms with Crippen LogP contribution in [0.4, 0.5) is 24.7 Å². The summed E-state index contributed by atoms with van der Waals surface area (Å²) in [6.07, 6.45) is -2.30. The molecule has 5 nitrogen and oxygen atoms in total. The Labute approximate surface area is 142 Å². The standard InChI is InChI=1S/C17H16F3N3O2/c18-17(19,20)25-14-6-7-15(22-11-14)21-10-12-3-1-4-13(9-12)23-8-2-5-16(23)24/h1,3-4,6-7,9,11H,2,5,8,10H2,(H,21,22). The predicted octanol–water partition coefficient (Wildman–Crippen LogP) is 3.72. The summed E-state index contributed by atoms with van der Waals surface area (Å²) in [5.74, 6) is 0.178. The zero-order valence-electron chi connectivity index (χ0n) is 13.2. The van der Waals surface area contributed by atoms with E-state index in [4.69, 9.17) is 0 Å². The molecule has 1 saturated heterocycles. The van der Waals surface area contributed by atoms with Crippen molar-refractivity contribution in [1.29, 1.82) is 0 Å². The number of rotatable bonds is 5. The molecular formula is C17H16F3N3O2. The molecule has 0 unspecified atom stereocenters. The Kier molecular flexibility index (Phi) is 4.78. The quantitative estimate of drug-likeness (QED) is 0.892. The summed E-state index contributed by atoms with van der Waals surface area (Å²) in [7, 11) is 0. The second-order valence-electron chi connectivity index (χ2n) is 5.60. The van der Waals surface area contributed by atoms with Gasteiger partial charge in [0, 0.05) is 25.2 Å². The Bertz CT molecular complexity index is 748. The number of carbonyl (C=O) groups is 1. The monoisotopic (exact) mass is 351 g/mol. The van der Waals surface area contributed by atoms with E-state index in [1.807, 2.05) is 24.3 Å². The highest BCUT2D eigenvalue weighted by molar-refractivity contribution is 5.95. The number of ether oxygens (including phenoxy) is 1. The lowest BCUT2D eigenvalue weighted by atomic mass is 10.2. The summed E-state index contributed by atoms with van der Waals surface area (Å²) in [5, 5.41) is 3.03. The Morgan fingerprint density at radius 3 is 2.72 bits per heavy atom. The highest BCUT2D eigenvalue weighted by Crippen LogP contribution is 2.24. The number of nitrogens with one attached hydrogen (secondary N) is 1. The Morgan fingerprint density at radius 1 is 1.24 bits per heavy atom. The van der Waals surface area contributed by atoms with Crippen LogP contribution in [0.1, 0.15) is 18.4 Å². The number of alkyl halides is 3. The minimum Gasteiger partial charge on any atom is -0.404 e. The lowest BCUT2D eigenvalue weighted by Gasteiger charge is -2.16. The number of aromatic nitrogens is 1. The van der Waals surface area contributed by atoms with Gasteiger partial charge in [0.25, 0.3) is 0 Å². The number of pyridine rings is 1. The summed E-state index contributed by atoms with van der Waals surface area (Å²) in [4.78, 5) is 17.4. The van der Waals surface area contributed by atoms with E-state index < -0.39 is 6.36 Å². The molecule has 1 aliphatic rings. The van der Waals surface area contributed by atoms with Gasteiger partial charge in [0.05, 0.1) is 6.20 Å². The van der Waals surface area contributed by atoms with E-state index in [9.17, 15) is 18.0 Å². The van der Waals surface area contributed by atoms with Crippen LogP contribution >= 0.6 is 0 Å². The Morgan fingerprint density at radius 2 is 2.08 bits per heavy atom. The van der Waals surface area contributed by atoms with Crippen LogP contribution in [0.3, 0.4) is 0 Å². The average Bonchev–Trinajstić information content (AvgIpc) is 2.99. The maximum absolute atomic E-state index is 12.1. The van der Waals surface area contributed by atoms with Crippen molar-refractivity contribution in [2.75, 3.05) is 16.8 Å². The van der Waals surface area contributed by atoms with Crippen LogP contribution < -0.4 is 15.0 Å². The van der Waals surface area contributed by atoms with Crippen LogP contribution in [0.5, 0.6) is 5.75 Å². The van der Waals surface area contributed by atoms with Crippen LogP contribution in [-0.2, 0) is 11.3 Å². The van der Waals surface area contributed by atoms with Gasteiger partial charge < -0.3 is 15.0 Å². The zero-order valence-corrected chi connectivity index (χ0v) is 13.2. The van der Waals surface area contributed by atoms with E-state index >= 15 is 0 Å². The molecule has 0 bridgehead atoms. The van der Waals surface area contributed by atoms with Gasteiger partial charge >= 0.3 is 6.36 Å². The van der Waals surface area contributed by atoms with Gasteiger partial charge in [0.2, 0.25) is 5.91 Å². The molecule has 2 aromatic rings. The van der Waals surface area contributed by atoms with Crippen molar-refractivity contribution in [2.45, 2.75) is 25.7 Å². The number of halogens is 3. The minimum atomic E-state index is -4.73. The van der Waals surface area contributed by atoms with Crippen LogP contribution in [0.15, 0.2) is 42.6 Å². The molecule has 0 saturated carbocycles. The largest absolute Gasteiger partial charge is 0.573 e. The van der Waals surface area contributed by atoms with Crippen molar-refractivity contribution >= 4 is 17.4 Å². The fourth-order valence-corrected chi connectivity index (χ4v) is 2.63. The summed E-state index contributed by atoms with van der Waals surface area (Å²) < 4.78 is 40.1. The molecule has 0 spiro atoms. The van der Waals surface area contributed by atoms with Gasteiger partial charge in [-0.15, -0.1) is 13.2 Å². The molecule has 0 atom stereocenters. The molecule has 1 N–H and O–H groups in total. The SMILES string of the molecule is O=C1CCCN1c1cccc(CNc2ccc(OC(F)(F)F)cn2)c1. The van der Waals surface area contributed by atoms with Gasteiger partial charge in [-0.05, 0) is 36.2 Å². The topological polar surface area (TPSA) is 54.5 Å². The van der Waals surface area contributed by atoms with E-state index in [2.05, 4.69) is 15.0 Å². The van der Waals surface area contributed by atoms with Gasteiger partial charge in [-0.3, -0.25) is 4.79 Å². The van der Waals surface area contributed by atoms with Crippen LogP contribution in [0.2, 0.25) is 0 Å². The number of hydrogen-bond acceptors (Lipinski definition) is 4. The molecule has 3 rings (SSSR count). The molecule has 1 fully saturated rings. The number of nitrogens with zero attached hydrogens (tertiary/aromatic N) is 2.